The lowest BCUT2D eigenvalue weighted by molar-refractivity contribution is -0.124. The number of nitrogens with zero attached hydrogens (tertiary/aromatic N) is 3. The number of benzene rings is 1. The second-order valence-electron chi connectivity index (χ2n) is 7.25. The Morgan fingerprint density at radius 3 is 2.33 bits per heavy atom. The van der Waals surface area contributed by atoms with Crippen LogP contribution in [0.15, 0.2) is 24.4 Å². The number of hydrogen-bond acceptors (Lipinski definition) is 3. The minimum absolute atomic E-state index is 0.0312. The van der Waals surface area contributed by atoms with E-state index >= 15 is 0 Å². The molecule has 0 unspecified atom stereocenters. The molecular weight excluding hydrogens is 414 g/mol. The zero-order valence-corrected chi connectivity index (χ0v) is 16.0. The van der Waals surface area contributed by atoms with Gasteiger partial charge >= 0.3 is 0 Å². The predicted octanol–water partition coefficient (Wildman–Crippen LogP) is 4.21. The molecule has 1 amide bonds. The molecule has 1 N–H and O–H groups in total. The molecule has 2 heterocycles. The summed E-state index contributed by atoms with van der Waals surface area (Å²) in [5, 5.41) is 2.40. The minimum atomic E-state index is -2.99. The van der Waals surface area contributed by atoms with Gasteiger partial charge in [-0.25, -0.2) is 31.3 Å². The van der Waals surface area contributed by atoms with Crippen molar-refractivity contribution in [3.05, 3.63) is 47.4 Å². The quantitative estimate of drug-likeness (QED) is 0.694. The molecule has 5 nitrogen and oxygen atoms in total. The summed E-state index contributed by atoms with van der Waals surface area (Å²) in [6.07, 6.45) is -2.58. The van der Waals surface area contributed by atoms with Gasteiger partial charge in [-0.15, -0.1) is 0 Å². The van der Waals surface area contributed by atoms with Crippen molar-refractivity contribution in [3.8, 4) is 0 Å². The first-order valence-electron chi connectivity index (χ1n) is 9.27. The summed E-state index contributed by atoms with van der Waals surface area (Å²) >= 11 is 0. The maximum Gasteiger partial charge on any atom is 0.295 e. The molecule has 0 spiro atoms. The van der Waals surface area contributed by atoms with Crippen molar-refractivity contribution < 1.29 is 31.1 Å². The molecule has 2 aromatic rings. The molecule has 1 atom stereocenters. The molecule has 1 aliphatic rings. The Bertz CT molecular complexity index is 886. The Labute approximate surface area is 168 Å². The summed E-state index contributed by atoms with van der Waals surface area (Å²) < 4.78 is 80.9. The van der Waals surface area contributed by atoms with E-state index in [1.807, 2.05) is 0 Å². The van der Waals surface area contributed by atoms with E-state index < -0.39 is 41.8 Å². The minimum Gasteiger partial charge on any atom is -0.323 e. The highest BCUT2D eigenvalue weighted by molar-refractivity contribution is 5.93. The lowest BCUT2D eigenvalue weighted by Gasteiger charge is -2.34. The van der Waals surface area contributed by atoms with Crippen molar-refractivity contribution in [2.24, 2.45) is 0 Å². The number of halogens is 6. The largest absolute Gasteiger partial charge is 0.323 e. The van der Waals surface area contributed by atoms with E-state index in [1.165, 1.54) is 6.92 Å². The number of imidazole rings is 1. The van der Waals surface area contributed by atoms with Gasteiger partial charge in [0.25, 0.3) is 12.3 Å². The lowest BCUT2D eigenvalue weighted by atomic mass is 10.0. The van der Waals surface area contributed by atoms with Gasteiger partial charge in [0, 0.05) is 44.7 Å². The van der Waals surface area contributed by atoms with Crippen LogP contribution in [0.5, 0.6) is 0 Å². The first-order valence-corrected chi connectivity index (χ1v) is 9.27. The smallest absolute Gasteiger partial charge is 0.295 e. The van der Waals surface area contributed by atoms with Gasteiger partial charge in [0.1, 0.15) is 11.6 Å². The second kappa shape index (κ2) is 8.66. The molecule has 3 rings (SSSR count). The van der Waals surface area contributed by atoms with Crippen molar-refractivity contribution in [1.82, 2.24) is 14.5 Å². The molecule has 30 heavy (non-hydrogen) atoms. The SMILES string of the molecule is C[C@@H](C(=O)Nc1cn(Cc2cc(F)cc(F)c2)c(C(F)F)n1)N1CCC(F)(F)CC1. The van der Waals surface area contributed by atoms with Gasteiger partial charge in [0.15, 0.2) is 11.6 Å². The normalized spacial score (nSPS) is 17.9. The van der Waals surface area contributed by atoms with Crippen LogP contribution in [-0.4, -0.2) is 45.4 Å². The lowest BCUT2D eigenvalue weighted by Crippen LogP contribution is -2.48. The molecule has 0 aliphatic carbocycles. The van der Waals surface area contributed by atoms with Gasteiger partial charge in [-0.2, -0.15) is 0 Å². The number of piperidine rings is 1. The monoisotopic (exact) mass is 434 g/mol. The summed E-state index contributed by atoms with van der Waals surface area (Å²) in [6.45, 7) is 1.31. The van der Waals surface area contributed by atoms with Crippen LogP contribution in [0.25, 0.3) is 0 Å². The van der Waals surface area contributed by atoms with E-state index in [4.69, 9.17) is 0 Å². The number of likely N-dealkylation sites (tertiary alicyclic amines) is 1. The topological polar surface area (TPSA) is 50.2 Å². The third kappa shape index (κ3) is 5.32. The fourth-order valence-corrected chi connectivity index (χ4v) is 3.33. The molecule has 1 fully saturated rings. The molecule has 11 heteroatoms. The number of nitrogens with one attached hydrogen (secondary N) is 1. The number of carbonyl (C=O) groups is 1. The van der Waals surface area contributed by atoms with Gasteiger partial charge in [-0.3, -0.25) is 9.69 Å². The van der Waals surface area contributed by atoms with Gasteiger partial charge < -0.3 is 9.88 Å². The Balaban J connectivity index is 1.72. The molecule has 1 aliphatic heterocycles. The molecule has 1 aromatic carbocycles. The summed E-state index contributed by atoms with van der Waals surface area (Å²) in [5.74, 6) is -5.88. The summed E-state index contributed by atoms with van der Waals surface area (Å²) in [7, 11) is 0. The van der Waals surface area contributed by atoms with Gasteiger partial charge in [0.2, 0.25) is 5.91 Å². The number of amides is 1. The van der Waals surface area contributed by atoms with Crippen molar-refractivity contribution in [1.29, 1.82) is 0 Å². The second-order valence-corrected chi connectivity index (χ2v) is 7.25. The van der Waals surface area contributed by atoms with E-state index in [0.29, 0.717) is 6.07 Å². The Hall–Kier alpha value is -2.56. The third-order valence-electron chi connectivity index (χ3n) is 4.99. The van der Waals surface area contributed by atoms with Crippen LogP contribution in [0.3, 0.4) is 0 Å². The van der Waals surface area contributed by atoms with E-state index in [1.54, 1.807) is 4.90 Å². The summed E-state index contributed by atoms with van der Waals surface area (Å²) in [6, 6.07) is 1.91. The number of anilines is 1. The Kier molecular flexibility index (Phi) is 6.39. The molecular formula is C19H20F6N4O. The van der Waals surface area contributed by atoms with Crippen LogP contribution >= 0.6 is 0 Å². The van der Waals surface area contributed by atoms with Crippen LogP contribution in [-0.2, 0) is 11.3 Å². The van der Waals surface area contributed by atoms with E-state index in [2.05, 4.69) is 10.3 Å². The fourth-order valence-electron chi connectivity index (χ4n) is 3.33. The maximum atomic E-state index is 13.4. The highest BCUT2D eigenvalue weighted by Gasteiger charge is 2.36. The van der Waals surface area contributed by atoms with Crippen LogP contribution in [0.4, 0.5) is 32.2 Å². The fraction of sp³-hybridized carbons (Fsp3) is 0.474. The first kappa shape index (κ1) is 22.1. The van der Waals surface area contributed by atoms with Crippen LogP contribution in [0.2, 0.25) is 0 Å². The highest BCUT2D eigenvalue weighted by atomic mass is 19.3. The average molecular weight is 434 g/mol. The van der Waals surface area contributed by atoms with Crippen LogP contribution in [0.1, 0.15) is 37.6 Å². The zero-order valence-electron chi connectivity index (χ0n) is 16.0. The molecule has 0 radical (unpaired) electrons. The van der Waals surface area contributed by atoms with Crippen LogP contribution < -0.4 is 5.32 Å². The van der Waals surface area contributed by atoms with E-state index in [0.717, 1.165) is 22.9 Å². The van der Waals surface area contributed by atoms with Crippen molar-refractivity contribution >= 4 is 11.7 Å². The predicted molar refractivity (Wildman–Crippen MR) is 96.5 cm³/mol. The number of rotatable bonds is 6. The van der Waals surface area contributed by atoms with Crippen molar-refractivity contribution in [2.45, 2.75) is 44.7 Å². The Morgan fingerprint density at radius 2 is 1.77 bits per heavy atom. The van der Waals surface area contributed by atoms with Gasteiger partial charge in [0.05, 0.1) is 6.04 Å². The molecule has 0 bridgehead atoms. The highest BCUT2D eigenvalue weighted by Crippen LogP contribution is 2.29. The molecule has 1 saturated heterocycles. The number of alkyl halides is 4. The Morgan fingerprint density at radius 1 is 1.17 bits per heavy atom. The van der Waals surface area contributed by atoms with E-state index in [9.17, 15) is 31.1 Å². The molecule has 0 saturated carbocycles. The van der Waals surface area contributed by atoms with Crippen molar-refractivity contribution in [2.75, 3.05) is 18.4 Å². The maximum absolute atomic E-state index is 13.4. The van der Waals surface area contributed by atoms with Gasteiger partial charge in [-0.05, 0) is 24.6 Å². The standard InChI is InChI=1S/C19H20F6N4O/c1-11(28-4-2-19(24,25)3-5-28)18(30)27-15-10-29(17(26-15)16(22)23)9-12-6-13(20)8-14(21)7-12/h6-8,10-11,16H,2-5,9H2,1H3,(H,27,30)/t11-/m0/s1. The number of aromatic nitrogens is 2. The third-order valence-corrected chi connectivity index (χ3v) is 4.99. The van der Waals surface area contributed by atoms with Crippen molar-refractivity contribution in [3.63, 3.8) is 0 Å². The van der Waals surface area contributed by atoms with Crippen LogP contribution in [0, 0.1) is 11.6 Å². The molecule has 164 valence electrons. The molecule has 1 aromatic heterocycles. The first-order chi connectivity index (χ1) is 14.0. The zero-order chi connectivity index (χ0) is 22.1. The number of hydrogen-bond donors (Lipinski definition) is 1. The van der Waals surface area contributed by atoms with Gasteiger partial charge in [-0.1, -0.05) is 0 Å². The summed E-state index contributed by atoms with van der Waals surface area (Å²) in [4.78, 5) is 17.7. The average Bonchev–Trinajstić information content (AvgIpc) is 3.02. The van der Waals surface area contributed by atoms with E-state index in [-0.39, 0.29) is 43.9 Å². The number of carbonyl (C=O) groups excluding carboxylic acids is 1. The summed E-state index contributed by atoms with van der Waals surface area (Å²) in [5.41, 5.74) is 0.104.